The Balaban J connectivity index is 2.31. The first kappa shape index (κ1) is 14.2. The van der Waals surface area contributed by atoms with E-state index in [0.29, 0.717) is 10.6 Å². The second kappa shape index (κ2) is 5.55. The number of nitriles is 2. The zero-order valence-electron chi connectivity index (χ0n) is 11.6. The lowest BCUT2D eigenvalue weighted by Crippen LogP contribution is -2.27. The van der Waals surface area contributed by atoms with Crippen LogP contribution in [-0.2, 0) is 0 Å². The van der Waals surface area contributed by atoms with E-state index in [1.807, 2.05) is 42.5 Å². The molecule has 2 aromatic rings. The molecule has 0 aliphatic carbocycles. The Hall–Kier alpha value is -2.76. The molecule has 0 bridgehead atoms. The quantitative estimate of drug-likeness (QED) is 0.842. The molecule has 1 aliphatic heterocycles. The molecule has 22 heavy (non-hydrogen) atoms. The van der Waals surface area contributed by atoms with E-state index in [0.717, 1.165) is 28.1 Å². The van der Waals surface area contributed by atoms with Crippen molar-refractivity contribution in [2.45, 2.75) is 5.92 Å². The third-order valence-electron chi connectivity index (χ3n) is 3.83. The summed E-state index contributed by atoms with van der Waals surface area (Å²) < 4.78 is 0. The first-order valence-corrected chi connectivity index (χ1v) is 7.52. The summed E-state index contributed by atoms with van der Waals surface area (Å²) in [5.41, 5.74) is 7.19. The van der Waals surface area contributed by atoms with Crippen molar-refractivity contribution in [2.24, 2.45) is 11.7 Å². The molecule has 5 heteroatoms. The van der Waals surface area contributed by atoms with Crippen molar-refractivity contribution in [2.75, 3.05) is 0 Å². The molecular formula is C17H12N4S. The lowest BCUT2D eigenvalue weighted by molar-refractivity contribution is 0.735. The lowest BCUT2D eigenvalue weighted by atomic mass is 9.80. The topological polar surface area (TPSA) is 97.4 Å². The van der Waals surface area contributed by atoms with Crippen LogP contribution in [0.2, 0.25) is 0 Å². The zero-order valence-corrected chi connectivity index (χ0v) is 12.4. The SMILES string of the molecule is N#CC1=C(N)SC(=N)[C@@H](C#N)[C@@H]1c1cccc2ccccc12. The minimum atomic E-state index is -0.683. The summed E-state index contributed by atoms with van der Waals surface area (Å²) in [6, 6.07) is 17.9. The lowest BCUT2D eigenvalue weighted by Gasteiger charge is -2.28. The fourth-order valence-corrected chi connectivity index (χ4v) is 3.66. The van der Waals surface area contributed by atoms with E-state index in [9.17, 15) is 10.5 Å². The summed E-state index contributed by atoms with van der Waals surface area (Å²) >= 11 is 1.01. The highest BCUT2D eigenvalue weighted by molar-refractivity contribution is 8.17. The first-order valence-electron chi connectivity index (χ1n) is 6.70. The Morgan fingerprint density at radius 1 is 1.09 bits per heavy atom. The van der Waals surface area contributed by atoms with E-state index < -0.39 is 11.8 Å². The first-order chi connectivity index (χ1) is 10.7. The van der Waals surface area contributed by atoms with Crippen molar-refractivity contribution in [3.05, 3.63) is 58.6 Å². The highest BCUT2D eigenvalue weighted by Gasteiger charge is 2.37. The molecule has 1 aliphatic rings. The number of fused-ring (bicyclic) bond motifs is 1. The van der Waals surface area contributed by atoms with Crippen LogP contribution < -0.4 is 5.73 Å². The minimum absolute atomic E-state index is 0.192. The summed E-state index contributed by atoms with van der Waals surface area (Å²) in [5.74, 6) is -1.17. The maximum absolute atomic E-state index is 9.49. The normalized spacial score (nSPS) is 21.5. The monoisotopic (exact) mass is 304 g/mol. The molecule has 0 saturated carbocycles. The Morgan fingerprint density at radius 3 is 2.55 bits per heavy atom. The van der Waals surface area contributed by atoms with Gasteiger partial charge >= 0.3 is 0 Å². The molecule has 0 unspecified atom stereocenters. The Kier molecular flexibility index (Phi) is 3.58. The zero-order chi connectivity index (χ0) is 15.7. The number of thioether (sulfide) groups is 1. The van der Waals surface area contributed by atoms with Crippen LogP contribution in [-0.4, -0.2) is 5.04 Å². The van der Waals surface area contributed by atoms with Gasteiger partial charge in [0.25, 0.3) is 0 Å². The second-order valence-electron chi connectivity index (χ2n) is 5.01. The number of rotatable bonds is 1. The molecule has 106 valence electrons. The average Bonchev–Trinajstić information content (AvgIpc) is 2.54. The van der Waals surface area contributed by atoms with E-state index in [1.54, 1.807) is 0 Å². The van der Waals surface area contributed by atoms with Gasteiger partial charge in [0.05, 0.1) is 27.8 Å². The number of hydrogen-bond acceptors (Lipinski definition) is 5. The van der Waals surface area contributed by atoms with Crippen molar-refractivity contribution in [1.29, 1.82) is 15.9 Å². The maximum Gasteiger partial charge on any atom is 0.106 e. The van der Waals surface area contributed by atoms with E-state index >= 15 is 0 Å². The van der Waals surface area contributed by atoms with Gasteiger partial charge in [-0.25, -0.2) is 0 Å². The van der Waals surface area contributed by atoms with Crippen LogP contribution in [0, 0.1) is 34.0 Å². The molecule has 3 N–H and O–H groups in total. The predicted octanol–water partition coefficient (Wildman–Crippen LogP) is 3.48. The molecule has 2 atom stereocenters. The van der Waals surface area contributed by atoms with Crippen LogP contribution in [0.5, 0.6) is 0 Å². The third kappa shape index (κ3) is 2.13. The van der Waals surface area contributed by atoms with Gasteiger partial charge in [-0.2, -0.15) is 10.5 Å². The Bertz CT molecular complexity index is 880. The summed E-state index contributed by atoms with van der Waals surface area (Å²) in [5, 5.41) is 29.5. The van der Waals surface area contributed by atoms with Crippen molar-refractivity contribution >= 4 is 27.6 Å². The van der Waals surface area contributed by atoms with Crippen molar-refractivity contribution < 1.29 is 0 Å². The largest absolute Gasteiger partial charge is 0.392 e. The molecule has 3 rings (SSSR count). The standard InChI is InChI=1S/C17H12N4S/c18-8-13-15(14(9-19)17(21)22-16(13)20)12-7-3-5-10-4-1-2-6-11(10)12/h1-7,13,15,20H,21H2/t13-,15-/m0/s1. The van der Waals surface area contributed by atoms with Crippen molar-refractivity contribution in [1.82, 2.24) is 0 Å². The van der Waals surface area contributed by atoms with Crippen molar-refractivity contribution in [3.63, 3.8) is 0 Å². The van der Waals surface area contributed by atoms with Crippen LogP contribution >= 0.6 is 11.8 Å². The number of nitrogens with one attached hydrogen (secondary N) is 1. The van der Waals surface area contributed by atoms with Gasteiger partial charge < -0.3 is 5.73 Å². The van der Waals surface area contributed by atoms with E-state index in [2.05, 4.69) is 12.1 Å². The van der Waals surface area contributed by atoms with Gasteiger partial charge in [-0.3, -0.25) is 5.41 Å². The van der Waals surface area contributed by atoms with Crippen LogP contribution in [0.4, 0.5) is 0 Å². The number of allylic oxidation sites excluding steroid dienone is 1. The van der Waals surface area contributed by atoms with Gasteiger partial charge in [0, 0.05) is 5.92 Å². The molecule has 1 heterocycles. The smallest absolute Gasteiger partial charge is 0.106 e. The fraction of sp³-hybridized carbons (Fsp3) is 0.118. The van der Waals surface area contributed by atoms with Gasteiger partial charge in [0.2, 0.25) is 0 Å². The second-order valence-corrected chi connectivity index (χ2v) is 6.09. The number of nitrogens with two attached hydrogens (primary N) is 1. The van der Waals surface area contributed by atoms with E-state index in [-0.39, 0.29) is 5.04 Å². The highest BCUT2D eigenvalue weighted by atomic mass is 32.2. The van der Waals surface area contributed by atoms with Crippen LogP contribution in [0.25, 0.3) is 10.8 Å². The highest BCUT2D eigenvalue weighted by Crippen LogP contribution is 2.44. The third-order valence-corrected chi connectivity index (χ3v) is 4.74. The maximum atomic E-state index is 9.49. The van der Waals surface area contributed by atoms with Gasteiger partial charge in [-0.1, -0.05) is 54.2 Å². The summed E-state index contributed by atoms with van der Waals surface area (Å²) in [7, 11) is 0. The number of nitrogens with zero attached hydrogens (tertiary/aromatic N) is 2. The molecule has 0 aromatic heterocycles. The van der Waals surface area contributed by atoms with E-state index in [1.165, 1.54) is 0 Å². The number of benzene rings is 2. The molecule has 0 radical (unpaired) electrons. The van der Waals surface area contributed by atoms with Crippen LogP contribution in [0.3, 0.4) is 0 Å². The molecule has 0 amide bonds. The fourth-order valence-electron chi connectivity index (χ4n) is 2.82. The molecular weight excluding hydrogens is 292 g/mol. The summed E-state index contributed by atoms with van der Waals surface area (Å²) in [6.07, 6.45) is 0. The number of hydrogen-bond donors (Lipinski definition) is 2. The van der Waals surface area contributed by atoms with Gasteiger partial charge in [0.1, 0.15) is 5.92 Å². The molecule has 0 saturated heterocycles. The summed E-state index contributed by atoms with van der Waals surface area (Å²) in [4.78, 5) is 0. The minimum Gasteiger partial charge on any atom is -0.392 e. The average molecular weight is 304 g/mol. The van der Waals surface area contributed by atoms with E-state index in [4.69, 9.17) is 11.1 Å². The molecule has 0 fully saturated rings. The molecule has 0 spiro atoms. The Labute approximate surface area is 132 Å². The Morgan fingerprint density at radius 2 is 1.82 bits per heavy atom. The van der Waals surface area contributed by atoms with Gasteiger partial charge in [-0.15, -0.1) is 0 Å². The predicted molar refractivity (Wildman–Crippen MR) is 87.9 cm³/mol. The molecule has 2 aromatic carbocycles. The van der Waals surface area contributed by atoms with Crippen LogP contribution in [0.1, 0.15) is 11.5 Å². The van der Waals surface area contributed by atoms with Crippen LogP contribution in [0.15, 0.2) is 53.1 Å². The van der Waals surface area contributed by atoms with Gasteiger partial charge in [0.15, 0.2) is 0 Å². The van der Waals surface area contributed by atoms with Crippen molar-refractivity contribution in [3.8, 4) is 12.1 Å². The van der Waals surface area contributed by atoms with Gasteiger partial charge in [-0.05, 0) is 16.3 Å². The molecule has 4 nitrogen and oxygen atoms in total. The summed E-state index contributed by atoms with van der Waals surface area (Å²) in [6.45, 7) is 0.